The number of sulfonamides is 1. The van der Waals surface area contributed by atoms with E-state index >= 15 is 0 Å². The van der Waals surface area contributed by atoms with Crippen molar-refractivity contribution in [3.05, 3.63) is 28.8 Å². The second-order valence-corrected chi connectivity index (χ2v) is 9.34. The van der Waals surface area contributed by atoms with Crippen molar-refractivity contribution in [2.24, 2.45) is 5.92 Å². The fraction of sp³-hybridized carbons (Fsp3) is 0.632. The summed E-state index contributed by atoms with van der Waals surface area (Å²) in [5, 5.41) is 0. The predicted molar refractivity (Wildman–Crippen MR) is 97.9 cm³/mol. The van der Waals surface area contributed by atoms with Crippen LogP contribution >= 0.6 is 0 Å². The molecule has 0 spiro atoms. The number of carbonyl (C=O) groups excluding carboxylic acids is 1. The molecule has 0 saturated carbocycles. The monoisotopic (exact) mass is 364 g/mol. The van der Waals surface area contributed by atoms with E-state index in [4.69, 9.17) is 0 Å². The standard InChI is InChI=1S/C19H28N2O3S/c1-14-11-15(2)18(16(3)12-14)25(23,24)21-10-6-7-17(13-21)19(22)20-8-4-5-9-20/h11-12,17H,4-10,13H2,1-3H3/t17-/m0/s1. The molecule has 5 nitrogen and oxygen atoms in total. The Balaban J connectivity index is 1.84. The van der Waals surface area contributed by atoms with Crippen LogP contribution in [0.25, 0.3) is 0 Å². The number of rotatable bonds is 3. The minimum Gasteiger partial charge on any atom is -0.342 e. The summed E-state index contributed by atoms with van der Waals surface area (Å²) in [5.41, 5.74) is 2.63. The van der Waals surface area contributed by atoms with E-state index in [1.165, 1.54) is 4.31 Å². The summed E-state index contributed by atoms with van der Waals surface area (Å²) in [6, 6.07) is 3.83. The number of amides is 1. The van der Waals surface area contributed by atoms with E-state index in [1.807, 2.05) is 37.8 Å². The zero-order valence-corrected chi connectivity index (χ0v) is 16.2. The summed E-state index contributed by atoms with van der Waals surface area (Å²) < 4.78 is 28.0. The number of aryl methyl sites for hydroxylation is 3. The largest absolute Gasteiger partial charge is 0.342 e. The van der Waals surface area contributed by atoms with Crippen LogP contribution in [-0.4, -0.2) is 49.7 Å². The Hall–Kier alpha value is -1.40. The average molecular weight is 365 g/mol. The van der Waals surface area contributed by atoms with Gasteiger partial charge in [0.05, 0.1) is 10.8 Å². The molecular formula is C19H28N2O3S. The first kappa shape index (κ1) is 18.4. The van der Waals surface area contributed by atoms with E-state index in [1.54, 1.807) is 0 Å². The van der Waals surface area contributed by atoms with Gasteiger partial charge in [-0.15, -0.1) is 0 Å². The minimum absolute atomic E-state index is 0.134. The molecule has 0 N–H and O–H groups in total. The molecule has 2 aliphatic heterocycles. The molecule has 2 heterocycles. The predicted octanol–water partition coefficient (Wildman–Crippen LogP) is 2.63. The summed E-state index contributed by atoms with van der Waals surface area (Å²) in [6.45, 7) is 8.12. The van der Waals surface area contributed by atoms with E-state index in [2.05, 4.69) is 0 Å². The highest BCUT2D eigenvalue weighted by atomic mass is 32.2. The van der Waals surface area contributed by atoms with E-state index in [-0.39, 0.29) is 11.8 Å². The third-order valence-corrected chi connectivity index (χ3v) is 7.52. The molecule has 0 unspecified atom stereocenters. The maximum atomic E-state index is 13.2. The maximum Gasteiger partial charge on any atom is 0.243 e. The lowest BCUT2D eigenvalue weighted by Crippen LogP contribution is -2.46. The number of nitrogens with zero attached hydrogens (tertiary/aromatic N) is 2. The van der Waals surface area contributed by atoms with Gasteiger partial charge in [-0.2, -0.15) is 4.31 Å². The SMILES string of the molecule is Cc1cc(C)c(S(=O)(=O)N2CCC[C@H](C(=O)N3CCCC3)C2)c(C)c1. The molecule has 0 radical (unpaired) electrons. The van der Waals surface area contributed by atoms with Crippen LogP contribution in [0.2, 0.25) is 0 Å². The number of carbonyl (C=O) groups is 1. The molecule has 1 aromatic rings. The van der Waals surface area contributed by atoms with Crippen LogP contribution < -0.4 is 0 Å². The molecule has 2 saturated heterocycles. The summed E-state index contributed by atoms with van der Waals surface area (Å²) in [4.78, 5) is 15.0. The third kappa shape index (κ3) is 3.60. The molecule has 25 heavy (non-hydrogen) atoms. The fourth-order valence-electron chi connectivity index (χ4n) is 4.26. The molecule has 3 rings (SSSR count). The lowest BCUT2D eigenvalue weighted by molar-refractivity contribution is -0.135. The molecular weight excluding hydrogens is 336 g/mol. The van der Waals surface area contributed by atoms with E-state index in [0.717, 1.165) is 55.5 Å². The molecule has 0 aromatic heterocycles. The van der Waals surface area contributed by atoms with Gasteiger partial charge >= 0.3 is 0 Å². The average Bonchev–Trinajstić information content (AvgIpc) is 3.07. The molecule has 0 bridgehead atoms. The zero-order valence-electron chi connectivity index (χ0n) is 15.4. The molecule has 2 fully saturated rings. The van der Waals surface area contributed by atoms with Crippen molar-refractivity contribution in [2.75, 3.05) is 26.2 Å². The molecule has 6 heteroatoms. The molecule has 138 valence electrons. The highest BCUT2D eigenvalue weighted by molar-refractivity contribution is 7.89. The van der Waals surface area contributed by atoms with Crippen molar-refractivity contribution < 1.29 is 13.2 Å². The van der Waals surface area contributed by atoms with Crippen molar-refractivity contribution in [1.82, 2.24) is 9.21 Å². The van der Waals surface area contributed by atoms with Crippen LogP contribution in [0.1, 0.15) is 42.4 Å². The van der Waals surface area contributed by atoms with Gasteiger partial charge in [-0.25, -0.2) is 8.42 Å². The number of hydrogen-bond donors (Lipinski definition) is 0. The third-order valence-electron chi connectivity index (χ3n) is 5.35. The van der Waals surface area contributed by atoms with Crippen molar-refractivity contribution in [1.29, 1.82) is 0 Å². The van der Waals surface area contributed by atoms with Crippen molar-refractivity contribution in [3.63, 3.8) is 0 Å². The summed E-state index contributed by atoms with van der Waals surface area (Å²) in [5.74, 6) is -0.0672. The van der Waals surface area contributed by atoms with Gasteiger partial charge in [0, 0.05) is 26.2 Å². The van der Waals surface area contributed by atoms with Crippen LogP contribution in [0.5, 0.6) is 0 Å². The van der Waals surface area contributed by atoms with Gasteiger partial charge in [-0.05, 0) is 57.6 Å². The Labute approximate surface area is 151 Å². The quantitative estimate of drug-likeness (QED) is 0.828. The van der Waals surface area contributed by atoms with E-state index in [0.29, 0.717) is 18.0 Å². The fourth-order valence-corrected chi connectivity index (χ4v) is 6.20. The Kier molecular flexibility index (Phi) is 5.21. The van der Waals surface area contributed by atoms with Crippen LogP contribution in [-0.2, 0) is 14.8 Å². The van der Waals surface area contributed by atoms with Gasteiger partial charge in [0.15, 0.2) is 0 Å². The van der Waals surface area contributed by atoms with E-state index < -0.39 is 10.0 Å². The Bertz CT molecular complexity index is 744. The van der Waals surface area contributed by atoms with Crippen LogP contribution in [0, 0.1) is 26.7 Å². The van der Waals surface area contributed by atoms with E-state index in [9.17, 15) is 13.2 Å². The van der Waals surface area contributed by atoms with Crippen molar-refractivity contribution in [3.8, 4) is 0 Å². The summed E-state index contributed by atoms with van der Waals surface area (Å²) in [7, 11) is -3.57. The normalized spacial score (nSPS) is 22.4. The molecule has 1 atom stereocenters. The lowest BCUT2D eigenvalue weighted by Gasteiger charge is -2.33. The number of likely N-dealkylation sites (tertiary alicyclic amines) is 1. The topological polar surface area (TPSA) is 57.7 Å². The van der Waals surface area contributed by atoms with Gasteiger partial charge in [0.1, 0.15) is 0 Å². The Morgan fingerprint density at radius 2 is 1.60 bits per heavy atom. The number of hydrogen-bond acceptors (Lipinski definition) is 3. The molecule has 2 aliphatic rings. The summed E-state index contributed by atoms with van der Waals surface area (Å²) in [6.07, 6.45) is 3.64. The zero-order chi connectivity index (χ0) is 18.2. The van der Waals surface area contributed by atoms with Gasteiger partial charge in [-0.1, -0.05) is 17.7 Å². The number of piperidine rings is 1. The smallest absolute Gasteiger partial charge is 0.243 e. The first-order chi connectivity index (χ1) is 11.8. The van der Waals surface area contributed by atoms with Crippen LogP contribution in [0.15, 0.2) is 17.0 Å². The molecule has 1 amide bonds. The van der Waals surface area contributed by atoms with Gasteiger partial charge < -0.3 is 4.90 Å². The molecule has 0 aliphatic carbocycles. The second kappa shape index (κ2) is 7.08. The lowest BCUT2D eigenvalue weighted by atomic mass is 9.98. The van der Waals surface area contributed by atoms with Crippen molar-refractivity contribution >= 4 is 15.9 Å². The van der Waals surface area contributed by atoms with Gasteiger partial charge in [-0.3, -0.25) is 4.79 Å². The van der Waals surface area contributed by atoms with Gasteiger partial charge in [0.25, 0.3) is 0 Å². The maximum absolute atomic E-state index is 13.2. The Morgan fingerprint density at radius 1 is 1.00 bits per heavy atom. The second-order valence-electron chi connectivity index (χ2n) is 7.46. The summed E-state index contributed by atoms with van der Waals surface area (Å²) >= 11 is 0. The van der Waals surface area contributed by atoms with Crippen LogP contribution in [0.3, 0.4) is 0 Å². The first-order valence-corrected chi connectivity index (χ1v) is 10.6. The number of benzene rings is 1. The highest BCUT2D eigenvalue weighted by Gasteiger charge is 2.36. The first-order valence-electron chi connectivity index (χ1n) is 9.17. The highest BCUT2D eigenvalue weighted by Crippen LogP contribution is 2.29. The van der Waals surface area contributed by atoms with Crippen molar-refractivity contribution in [2.45, 2.75) is 51.3 Å². The van der Waals surface area contributed by atoms with Gasteiger partial charge in [0.2, 0.25) is 15.9 Å². The molecule has 1 aromatic carbocycles. The minimum atomic E-state index is -3.57. The van der Waals surface area contributed by atoms with Crippen LogP contribution in [0.4, 0.5) is 0 Å². The Morgan fingerprint density at radius 3 is 2.20 bits per heavy atom.